The van der Waals surface area contributed by atoms with Crippen molar-refractivity contribution in [2.45, 2.75) is 25.7 Å². The first-order valence-corrected chi connectivity index (χ1v) is 7.95. The second kappa shape index (κ2) is 12.7. The smallest absolute Gasteiger partial charge is 0.0700 e. The highest BCUT2D eigenvalue weighted by atomic mass is 32.1. The Morgan fingerprint density at radius 1 is 0.450 bits per heavy atom. The molecule has 1 aliphatic rings. The fourth-order valence-corrected chi connectivity index (χ4v) is 1.97. The number of ether oxygens (including phenoxy) is 4. The SMILES string of the molecule is S=C1CCOCCOCCC(=S)CCOCCOCC1. The fourth-order valence-electron chi connectivity index (χ4n) is 1.64. The minimum Gasteiger partial charge on any atom is -0.379 e. The summed E-state index contributed by atoms with van der Waals surface area (Å²) in [7, 11) is 0. The molecule has 0 N–H and O–H groups in total. The van der Waals surface area contributed by atoms with Crippen LogP contribution in [0.5, 0.6) is 0 Å². The molecule has 0 aromatic carbocycles. The van der Waals surface area contributed by atoms with E-state index in [1.54, 1.807) is 0 Å². The maximum atomic E-state index is 5.47. The lowest BCUT2D eigenvalue weighted by molar-refractivity contribution is 0.0482. The van der Waals surface area contributed by atoms with Crippen molar-refractivity contribution in [2.75, 3.05) is 52.9 Å². The van der Waals surface area contributed by atoms with Crippen LogP contribution in [0.4, 0.5) is 0 Å². The van der Waals surface area contributed by atoms with Gasteiger partial charge in [0, 0.05) is 25.7 Å². The first-order chi connectivity index (χ1) is 9.79. The topological polar surface area (TPSA) is 36.9 Å². The zero-order valence-corrected chi connectivity index (χ0v) is 13.6. The summed E-state index contributed by atoms with van der Waals surface area (Å²) in [5.74, 6) is 0. The van der Waals surface area contributed by atoms with Crippen LogP contribution < -0.4 is 0 Å². The predicted octanol–water partition coefficient (Wildman–Crippen LogP) is 2.37. The molecule has 0 aliphatic carbocycles. The Morgan fingerprint density at radius 2 is 0.700 bits per heavy atom. The van der Waals surface area contributed by atoms with Gasteiger partial charge in [0.1, 0.15) is 0 Å². The van der Waals surface area contributed by atoms with Crippen molar-refractivity contribution in [1.29, 1.82) is 0 Å². The first kappa shape index (κ1) is 18.1. The second-order valence-electron chi connectivity index (χ2n) is 4.53. The molecule has 0 aromatic rings. The molecule has 0 amide bonds. The van der Waals surface area contributed by atoms with Crippen molar-refractivity contribution in [3.63, 3.8) is 0 Å². The van der Waals surface area contributed by atoms with Gasteiger partial charge in [-0.3, -0.25) is 0 Å². The Labute approximate surface area is 132 Å². The average Bonchev–Trinajstić information content (AvgIpc) is 2.43. The minimum atomic E-state index is 0.606. The van der Waals surface area contributed by atoms with Crippen molar-refractivity contribution in [1.82, 2.24) is 0 Å². The van der Waals surface area contributed by atoms with Crippen molar-refractivity contribution < 1.29 is 18.9 Å². The molecule has 1 heterocycles. The van der Waals surface area contributed by atoms with Gasteiger partial charge in [0.25, 0.3) is 0 Å². The summed E-state index contributed by atoms with van der Waals surface area (Å²) in [6.45, 7) is 5.05. The minimum absolute atomic E-state index is 0.606. The Morgan fingerprint density at radius 3 is 0.950 bits per heavy atom. The number of thiocarbonyl (C=S) groups is 2. The Kier molecular flexibility index (Phi) is 11.5. The van der Waals surface area contributed by atoms with E-state index < -0.39 is 0 Å². The zero-order valence-electron chi connectivity index (χ0n) is 11.9. The highest BCUT2D eigenvalue weighted by Crippen LogP contribution is 1.98. The molecule has 0 saturated carbocycles. The standard InChI is InChI=1S/C14H24O4S2/c19-13-1-5-15-9-10-17-7-3-14(20)4-8-18-12-11-16-6-2-13/h1-12H2. The number of rotatable bonds is 0. The third kappa shape index (κ3) is 10.8. The van der Waals surface area contributed by atoms with E-state index >= 15 is 0 Å². The van der Waals surface area contributed by atoms with Gasteiger partial charge in [0.2, 0.25) is 0 Å². The van der Waals surface area contributed by atoms with Gasteiger partial charge < -0.3 is 18.9 Å². The number of hydrogen-bond acceptors (Lipinski definition) is 6. The zero-order chi connectivity index (χ0) is 14.5. The summed E-state index contributed by atoms with van der Waals surface area (Å²) in [6, 6.07) is 0. The van der Waals surface area contributed by atoms with E-state index in [9.17, 15) is 0 Å². The van der Waals surface area contributed by atoms with Crippen molar-refractivity contribution in [3.05, 3.63) is 0 Å². The maximum absolute atomic E-state index is 5.47. The molecule has 1 rings (SSSR count). The van der Waals surface area contributed by atoms with Crippen LogP contribution in [0.3, 0.4) is 0 Å². The van der Waals surface area contributed by atoms with Crippen LogP contribution in [0.25, 0.3) is 0 Å². The van der Waals surface area contributed by atoms with E-state index in [0.29, 0.717) is 52.9 Å². The Balaban J connectivity index is 2.19. The monoisotopic (exact) mass is 320 g/mol. The van der Waals surface area contributed by atoms with Gasteiger partial charge in [-0.25, -0.2) is 0 Å². The second-order valence-corrected chi connectivity index (χ2v) is 5.68. The molecule has 1 saturated heterocycles. The fraction of sp³-hybridized carbons (Fsp3) is 0.857. The van der Waals surface area contributed by atoms with Crippen molar-refractivity contribution >= 4 is 34.2 Å². The lowest BCUT2D eigenvalue weighted by atomic mass is 10.2. The van der Waals surface area contributed by atoms with Crippen LogP contribution in [0, 0.1) is 0 Å². The van der Waals surface area contributed by atoms with E-state index in [1.165, 1.54) is 0 Å². The Bertz CT molecular complexity index is 232. The summed E-state index contributed by atoms with van der Waals surface area (Å²) in [5, 5.41) is 0. The molecular formula is C14H24O4S2. The van der Waals surface area contributed by atoms with Crippen LogP contribution in [-0.4, -0.2) is 62.6 Å². The Hall–Kier alpha value is 0.0200. The first-order valence-electron chi connectivity index (χ1n) is 7.13. The van der Waals surface area contributed by atoms with E-state index in [0.717, 1.165) is 35.4 Å². The van der Waals surface area contributed by atoms with Gasteiger partial charge >= 0.3 is 0 Å². The van der Waals surface area contributed by atoms with Gasteiger partial charge in [-0.05, 0) is 9.73 Å². The molecule has 1 fully saturated rings. The predicted molar refractivity (Wildman–Crippen MR) is 86.9 cm³/mol. The summed E-state index contributed by atoms with van der Waals surface area (Å²) < 4.78 is 21.9. The van der Waals surface area contributed by atoms with Gasteiger partial charge in [0.15, 0.2) is 0 Å². The van der Waals surface area contributed by atoms with Crippen LogP contribution in [-0.2, 0) is 18.9 Å². The highest BCUT2D eigenvalue weighted by molar-refractivity contribution is 7.80. The van der Waals surface area contributed by atoms with E-state index in [2.05, 4.69) is 0 Å². The average molecular weight is 320 g/mol. The van der Waals surface area contributed by atoms with Gasteiger partial charge in [-0.1, -0.05) is 24.4 Å². The van der Waals surface area contributed by atoms with E-state index in [4.69, 9.17) is 43.4 Å². The van der Waals surface area contributed by atoms with Crippen LogP contribution >= 0.6 is 24.4 Å². The molecule has 0 spiro atoms. The van der Waals surface area contributed by atoms with E-state index in [1.807, 2.05) is 0 Å². The van der Waals surface area contributed by atoms with Gasteiger partial charge in [-0.15, -0.1) is 0 Å². The van der Waals surface area contributed by atoms with Crippen molar-refractivity contribution in [3.8, 4) is 0 Å². The molecule has 0 unspecified atom stereocenters. The molecule has 4 nitrogen and oxygen atoms in total. The normalized spacial score (nSPS) is 23.0. The molecule has 0 radical (unpaired) electrons. The van der Waals surface area contributed by atoms with E-state index in [-0.39, 0.29) is 0 Å². The summed E-state index contributed by atoms with van der Waals surface area (Å²) in [5.41, 5.74) is 0. The molecule has 116 valence electrons. The van der Waals surface area contributed by atoms with Crippen molar-refractivity contribution in [2.24, 2.45) is 0 Å². The molecular weight excluding hydrogens is 296 g/mol. The van der Waals surface area contributed by atoms with Crippen LogP contribution in [0.1, 0.15) is 25.7 Å². The largest absolute Gasteiger partial charge is 0.379 e. The molecule has 6 heteroatoms. The molecule has 20 heavy (non-hydrogen) atoms. The molecule has 0 atom stereocenters. The third-order valence-corrected chi connectivity index (χ3v) is 3.66. The maximum Gasteiger partial charge on any atom is 0.0700 e. The lowest BCUT2D eigenvalue weighted by Crippen LogP contribution is -2.13. The van der Waals surface area contributed by atoms with Gasteiger partial charge in [0.05, 0.1) is 52.9 Å². The lowest BCUT2D eigenvalue weighted by Gasteiger charge is -2.10. The summed E-state index contributed by atoms with van der Waals surface area (Å²) >= 11 is 10.5. The quantitative estimate of drug-likeness (QED) is 0.638. The van der Waals surface area contributed by atoms with Crippen LogP contribution in [0.15, 0.2) is 0 Å². The molecule has 1 aliphatic heterocycles. The number of hydrogen-bond donors (Lipinski definition) is 0. The van der Waals surface area contributed by atoms with Crippen LogP contribution in [0.2, 0.25) is 0 Å². The van der Waals surface area contributed by atoms with Gasteiger partial charge in [-0.2, -0.15) is 0 Å². The third-order valence-electron chi connectivity index (χ3n) is 2.84. The summed E-state index contributed by atoms with van der Waals surface area (Å²) in [6.07, 6.45) is 3.22. The molecule has 0 bridgehead atoms. The summed E-state index contributed by atoms with van der Waals surface area (Å²) in [4.78, 5) is 2.00. The highest BCUT2D eigenvalue weighted by Gasteiger charge is 2.01. The molecule has 0 aromatic heterocycles.